The third-order valence-electron chi connectivity index (χ3n) is 3.34. The van der Waals surface area contributed by atoms with Crippen LogP contribution < -0.4 is 5.73 Å². The van der Waals surface area contributed by atoms with Gasteiger partial charge in [-0.1, -0.05) is 30.7 Å². The summed E-state index contributed by atoms with van der Waals surface area (Å²) in [7, 11) is 0. The van der Waals surface area contributed by atoms with Gasteiger partial charge in [0.15, 0.2) is 5.78 Å². The summed E-state index contributed by atoms with van der Waals surface area (Å²) in [6.07, 6.45) is 3.68. The lowest BCUT2D eigenvalue weighted by Crippen LogP contribution is -2.42. The molecule has 2 heteroatoms. The summed E-state index contributed by atoms with van der Waals surface area (Å²) in [6, 6.07) is 7.91. The van der Waals surface area contributed by atoms with Crippen LogP contribution in [-0.2, 0) is 0 Å². The predicted octanol–water partition coefficient (Wildman–Crippen LogP) is 2.87. The third kappa shape index (κ3) is 2.03. The van der Waals surface area contributed by atoms with E-state index in [2.05, 4.69) is 6.07 Å². The smallest absolute Gasteiger partial charge is 0.182 e. The van der Waals surface area contributed by atoms with E-state index in [0.717, 1.165) is 5.56 Å². The molecule has 0 aliphatic heterocycles. The Morgan fingerprint density at radius 2 is 1.94 bits per heavy atom. The van der Waals surface area contributed by atoms with Gasteiger partial charge in [-0.15, -0.1) is 0 Å². The maximum Gasteiger partial charge on any atom is 0.182 e. The first-order valence-electron chi connectivity index (χ1n) is 5.93. The van der Waals surface area contributed by atoms with Gasteiger partial charge < -0.3 is 5.73 Å². The molecule has 1 fully saturated rings. The van der Waals surface area contributed by atoms with E-state index in [-0.39, 0.29) is 5.78 Å². The molecule has 0 aromatic heterocycles. The number of ketones is 1. The normalized spacial score (nSPS) is 16.9. The summed E-state index contributed by atoms with van der Waals surface area (Å²) in [4.78, 5) is 12.2. The Morgan fingerprint density at radius 3 is 2.44 bits per heavy atom. The molecular formula is C14H19NO. The van der Waals surface area contributed by atoms with E-state index in [1.807, 2.05) is 18.2 Å². The molecule has 1 aliphatic carbocycles. The highest BCUT2D eigenvalue weighted by atomic mass is 16.1. The summed E-state index contributed by atoms with van der Waals surface area (Å²) in [5, 5.41) is 0. The van der Waals surface area contributed by atoms with Crippen molar-refractivity contribution in [2.24, 2.45) is 5.73 Å². The first kappa shape index (κ1) is 11.3. The standard InChI is InChI=1S/C14H19NO/c1-14(2,15)13(16)12-9-4-3-8-11(12)10-6-5-7-10/h3-4,8-10H,5-7,15H2,1-2H3. The van der Waals surface area contributed by atoms with Gasteiger partial charge in [0, 0.05) is 5.56 Å². The number of nitrogens with two attached hydrogens (primary N) is 1. The van der Waals surface area contributed by atoms with Gasteiger partial charge in [0.25, 0.3) is 0 Å². The van der Waals surface area contributed by atoms with E-state index in [4.69, 9.17) is 5.73 Å². The minimum atomic E-state index is -0.778. The van der Waals surface area contributed by atoms with Gasteiger partial charge in [-0.3, -0.25) is 4.79 Å². The lowest BCUT2D eigenvalue weighted by molar-refractivity contribution is 0.0911. The summed E-state index contributed by atoms with van der Waals surface area (Å²) in [5.41, 5.74) is 7.12. The van der Waals surface area contributed by atoms with Crippen molar-refractivity contribution < 1.29 is 4.79 Å². The van der Waals surface area contributed by atoms with Crippen molar-refractivity contribution in [1.29, 1.82) is 0 Å². The van der Waals surface area contributed by atoms with Crippen LogP contribution in [0.3, 0.4) is 0 Å². The second-order valence-corrected chi connectivity index (χ2v) is 5.27. The molecule has 2 N–H and O–H groups in total. The maximum atomic E-state index is 12.2. The van der Waals surface area contributed by atoms with E-state index in [1.54, 1.807) is 13.8 Å². The van der Waals surface area contributed by atoms with E-state index in [9.17, 15) is 4.79 Å². The zero-order chi connectivity index (χ0) is 11.8. The van der Waals surface area contributed by atoms with Crippen molar-refractivity contribution in [3.8, 4) is 0 Å². The van der Waals surface area contributed by atoms with E-state index in [0.29, 0.717) is 5.92 Å². The van der Waals surface area contributed by atoms with Crippen molar-refractivity contribution in [2.45, 2.75) is 44.6 Å². The van der Waals surface area contributed by atoms with E-state index in [1.165, 1.54) is 24.8 Å². The zero-order valence-corrected chi connectivity index (χ0v) is 9.99. The minimum Gasteiger partial charge on any atom is -0.319 e. The number of carbonyl (C=O) groups excluding carboxylic acids is 1. The summed E-state index contributed by atoms with van der Waals surface area (Å²) < 4.78 is 0. The Morgan fingerprint density at radius 1 is 1.31 bits per heavy atom. The van der Waals surface area contributed by atoms with Crippen LogP contribution in [0.15, 0.2) is 24.3 Å². The molecule has 1 aliphatic rings. The van der Waals surface area contributed by atoms with Gasteiger partial charge in [0.2, 0.25) is 0 Å². The highest BCUT2D eigenvalue weighted by Gasteiger charge is 2.29. The number of Topliss-reactive ketones (excluding diaryl/α,β-unsaturated/α-hetero) is 1. The average molecular weight is 217 g/mol. The summed E-state index contributed by atoms with van der Waals surface area (Å²) in [5.74, 6) is 0.623. The van der Waals surface area contributed by atoms with Crippen LogP contribution in [0.2, 0.25) is 0 Å². The highest BCUT2D eigenvalue weighted by molar-refractivity contribution is 6.03. The first-order chi connectivity index (χ1) is 7.50. The molecule has 1 aromatic carbocycles. The summed E-state index contributed by atoms with van der Waals surface area (Å²) in [6.45, 7) is 3.54. The summed E-state index contributed by atoms with van der Waals surface area (Å²) >= 11 is 0. The van der Waals surface area contributed by atoms with Crippen molar-refractivity contribution in [2.75, 3.05) is 0 Å². The monoisotopic (exact) mass is 217 g/mol. The maximum absolute atomic E-state index is 12.2. The van der Waals surface area contributed by atoms with E-state index >= 15 is 0 Å². The fourth-order valence-corrected chi connectivity index (χ4v) is 2.13. The van der Waals surface area contributed by atoms with Gasteiger partial charge in [-0.25, -0.2) is 0 Å². The van der Waals surface area contributed by atoms with Crippen LogP contribution in [0.4, 0.5) is 0 Å². The number of hydrogen-bond donors (Lipinski definition) is 1. The molecule has 0 amide bonds. The van der Waals surface area contributed by atoms with Crippen molar-refractivity contribution in [1.82, 2.24) is 0 Å². The highest BCUT2D eigenvalue weighted by Crippen LogP contribution is 2.38. The van der Waals surface area contributed by atoms with Crippen LogP contribution in [0.25, 0.3) is 0 Å². The molecule has 0 spiro atoms. The second-order valence-electron chi connectivity index (χ2n) is 5.27. The molecule has 2 nitrogen and oxygen atoms in total. The van der Waals surface area contributed by atoms with Crippen molar-refractivity contribution >= 4 is 5.78 Å². The van der Waals surface area contributed by atoms with Crippen LogP contribution in [0.1, 0.15) is 54.9 Å². The lowest BCUT2D eigenvalue weighted by Gasteiger charge is -2.29. The minimum absolute atomic E-state index is 0.0509. The fraction of sp³-hybridized carbons (Fsp3) is 0.500. The van der Waals surface area contributed by atoms with Crippen molar-refractivity contribution in [3.63, 3.8) is 0 Å². The molecule has 0 unspecified atom stereocenters. The molecule has 0 heterocycles. The molecule has 0 saturated heterocycles. The topological polar surface area (TPSA) is 43.1 Å². The molecular weight excluding hydrogens is 198 g/mol. The fourth-order valence-electron chi connectivity index (χ4n) is 2.13. The molecule has 1 saturated carbocycles. The van der Waals surface area contributed by atoms with Crippen LogP contribution >= 0.6 is 0 Å². The second kappa shape index (κ2) is 4.02. The van der Waals surface area contributed by atoms with Gasteiger partial charge in [-0.2, -0.15) is 0 Å². The number of rotatable bonds is 3. The number of benzene rings is 1. The quantitative estimate of drug-likeness (QED) is 0.791. The Labute approximate surface area is 96.8 Å². The van der Waals surface area contributed by atoms with Gasteiger partial charge in [-0.05, 0) is 38.2 Å². The molecule has 0 radical (unpaired) electrons. The lowest BCUT2D eigenvalue weighted by atomic mass is 9.76. The Kier molecular flexibility index (Phi) is 2.85. The Balaban J connectivity index is 2.36. The predicted molar refractivity (Wildman–Crippen MR) is 65.6 cm³/mol. The molecule has 1 aromatic rings. The van der Waals surface area contributed by atoms with Crippen LogP contribution in [0, 0.1) is 0 Å². The van der Waals surface area contributed by atoms with Crippen LogP contribution in [0.5, 0.6) is 0 Å². The molecule has 2 rings (SSSR count). The third-order valence-corrected chi connectivity index (χ3v) is 3.34. The zero-order valence-electron chi connectivity index (χ0n) is 9.99. The van der Waals surface area contributed by atoms with Crippen LogP contribution in [-0.4, -0.2) is 11.3 Å². The van der Waals surface area contributed by atoms with E-state index < -0.39 is 5.54 Å². The first-order valence-corrected chi connectivity index (χ1v) is 5.93. The van der Waals surface area contributed by atoms with Gasteiger partial charge >= 0.3 is 0 Å². The largest absolute Gasteiger partial charge is 0.319 e. The molecule has 0 bridgehead atoms. The SMILES string of the molecule is CC(C)(N)C(=O)c1ccccc1C1CCC1. The van der Waals surface area contributed by atoms with Gasteiger partial charge in [0.05, 0.1) is 5.54 Å². The Hall–Kier alpha value is -1.15. The van der Waals surface area contributed by atoms with Gasteiger partial charge in [0.1, 0.15) is 0 Å². The molecule has 86 valence electrons. The number of hydrogen-bond acceptors (Lipinski definition) is 2. The number of carbonyl (C=O) groups is 1. The molecule has 16 heavy (non-hydrogen) atoms. The molecule has 0 atom stereocenters. The van der Waals surface area contributed by atoms with Crippen molar-refractivity contribution in [3.05, 3.63) is 35.4 Å². The Bertz CT molecular complexity index is 399. The average Bonchev–Trinajstić information content (AvgIpc) is 2.13.